The van der Waals surface area contributed by atoms with Crippen molar-refractivity contribution in [3.05, 3.63) is 23.8 Å². The number of hydrogen-bond donors (Lipinski definition) is 4. The molecule has 1 saturated heterocycles. The summed E-state index contributed by atoms with van der Waals surface area (Å²) in [7, 11) is 0. The molecule has 106 valence electrons. The summed E-state index contributed by atoms with van der Waals surface area (Å²) < 4.78 is 0. The molecular formula is C13H14N2O5. The summed E-state index contributed by atoms with van der Waals surface area (Å²) in [5, 5.41) is 23.2. The average molecular weight is 278 g/mol. The van der Waals surface area contributed by atoms with Gasteiger partial charge in [0, 0.05) is 6.42 Å². The summed E-state index contributed by atoms with van der Waals surface area (Å²) >= 11 is 0. The molecule has 1 fully saturated rings. The van der Waals surface area contributed by atoms with Crippen molar-refractivity contribution in [3.8, 4) is 11.5 Å². The second-order valence-corrected chi connectivity index (χ2v) is 4.57. The van der Waals surface area contributed by atoms with E-state index in [1.807, 2.05) is 0 Å². The lowest BCUT2D eigenvalue weighted by Gasteiger charge is -2.21. The average Bonchev–Trinajstić information content (AvgIpc) is 2.37. The maximum Gasteiger partial charge on any atom is 0.249 e. The molecule has 1 aliphatic rings. The fourth-order valence-corrected chi connectivity index (χ4v) is 1.94. The van der Waals surface area contributed by atoms with Gasteiger partial charge >= 0.3 is 0 Å². The maximum atomic E-state index is 11.8. The SMILES string of the molecule is O=C1CCC(NC(=O)Cc2ccc(O)c(O)c2)C(=O)N1. The van der Waals surface area contributed by atoms with Gasteiger partial charge in [0.05, 0.1) is 6.42 Å². The summed E-state index contributed by atoms with van der Waals surface area (Å²) in [5.41, 5.74) is 0.505. The van der Waals surface area contributed by atoms with Crippen LogP contribution in [0.2, 0.25) is 0 Å². The van der Waals surface area contributed by atoms with Crippen molar-refractivity contribution < 1.29 is 24.6 Å². The fourth-order valence-electron chi connectivity index (χ4n) is 1.94. The molecule has 1 aromatic carbocycles. The number of benzene rings is 1. The molecule has 1 aromatic rings. The van der Waals surface area contributed by atoms with Crippen LogP contribution in [0.5, 0.6) is 11.5 Å². The van der Waals surface area contributed by atoms with Crippen LogP contribution >= 0.6 is 0 Å². The van der Waals surface area contributed by atoms with Crippen molar-refractivity contribution in [2.24, 2.45) is 0 Å². The Morgan fingerprint density at radius 1 is 1.30 bits per heavy atom. The Labute approximate surface area is 114 Å². The standard InChI is InChI=1S/C13H14N2O5/c16-9-3-1-7(5-10(9)17)6-12(19)14-8-2-4-11(18)15-13(8)20/h1,3,5,8,16-17H,2,4,6H2,(H,14,19)(H,15,18,20). The Morgan fingerprint density at radius 2 is 2.05 bits per heavy atom. The van der Waals surface area contributed by atoms with E-state index in [2.05, 4.69) is 10.6 Å². The van der Waals surface area contributed by atoms with Crippen molar-refractivity contribution >= 4 is 17.7 Å². The van der Waals surface area contributed by atoms with Crippen LogP contribution in [0.4, 0.5) is 0 Å². The Hall–Kier alpha value is -2.57. The van der Waals surface area contributed by atoms with Gasteiger partial charge in [-0.2, -0.15) is 0 Å². The lowest BCUT2D eigenvalue weighted by molar-refractivity contribution is -0.137. The van der Waals surface area contributed by atoms with Crippen molar-refractivity contribution in [2.45, 2.75) is 25.3 Å². The third-order valence-electron chi connectivity index (χ3n) is 2.98. The van der Waals surface area contributed by atoms with Gasteiger partial charge in [-0.1, -0.05) is 6.07 Å². The smallest absolute Gasteiger partial charge is 0.249 e. The lowest BCUT2D eigenvalue weighted by atomic mass is 10.1. The van der Waals surface area contributed by atoms with Crippen molar-refractivity contribution in [2.75, 3.05) is 0 Å². The molecule has 0 spiro atoms. The minimum absolute atomic E-state index is 0.0361. The number of carbonyl (C=O) groups excluding carboxylic acids is 3. The summed E-state index contributed by atoms with van der Waals surface area (Å²) in [6, 6.07) is 3.34. The quantitative estimate of drug-likeness (QED) is 0.442. The van der Waals surface area contributed by atoms with Crippen LogP contribution in [0.25, 0.3) is 0 Å². The van der Waals surface area contributed by atoms with Crippen LogP contribution in [-0.4, -0.2) is 34.0 Å². The van der Waals surface area contributed by atoms with Gasteiger partial charge in [-0.05, 0) is 24.1 Å². The first-order valence-corrected chi connectivity index (χ1v) is 6.09. The van der Waals surface area contributed by atoms with E-state index >= 15 is 0 Å². The highest BCUT2D eigenvalue weighted by Crippen LogP contribution is 2.24. The molecule has 0 aliphatic carbocycles. The third-order valence-corrected chi connectivity index (χ3v) is 2.98. The number of imide groups is 1. The summed E-state index contributed by atoms with van der Waals surface area (Å²) in [5.74, 6) is -1.83. The van der Waals surface area contributed by atoms with Gasteiger partial charge in [-0.15, -0.1) is 0 Å². The summed E-state index contributed by atoms with van der Waals surface area (Å²) in [6.45, 7) is 0. The minimum atomic E-state index is -0.717. The second kappa shape index (κ2) is 5.60. The molecule has 20 heavy (non-hydrogen) atoms. The van der Waals surface area contributed by atoms with Gasteiger partial charge in [-0.25, -0.2) is 0 Å². The zero-order valence-corrected chi connectivity index (χ0v) is 10.5. The van der Waals surface area contributed by atoms with Crippen LogP contribution in [0.3, 0.4) is 0 Å². The lowest BCUT2D eigenvalue weighted by Crippen LogP contribution is -2.52. The Kier molecular flexibility index (Phi) is 3.88. The molecule has 7 heteroatoms. The summed E-state index contributed by atoms with van der Waals surface area (Å²) in [6.07, 6.45) is 0.430. The summed E-state index contributed by atoms with van der Waals surface area (Å²) in [4.78, 5) is 34.2. The number of aromatic hydroxyl groups is 2. The number of phenols is 2. The molecule has 1 heterocycles. The topological polar surface area (TPSA) is 116 Å². The largest absolute Gasteiger partial charge is 0.504 e. The second-order valence-electron chi connectivity index (χ2n) is 4.57. The van der Waals surface area contributed by atoms with Crippen LogP contribution < -0.4 is 10.6 Å². The van der Waals surface area contributed by atoms with Crippen LogP contribution in [-0.2, 0) is 20.8 Å². The predicted molar refractivity (Wildman–Crippen MR) is 67.8 cm³/mol. The number of carbonyl (C=O) groups is 3. The number of phenolic OH excluding ortho intramolecular Hbond substituents is 2. The molecule has 0 saturated carbocycles. The molecule has 3 amide bonds. The third kappa shape index (κ3) is 3.25. The van der Waals surface area contributed by atoms with E-state index in [1.54, 1.807) is 0 Å². The molecular weight excluding hydrogens is 264 g/mol. The van der Waals surface area contributed by atoms with Crippen LogP contribution in [0.15, 0.2) is 18.2 Å². The number of amides is 3. The van der Waals surface area contributed by atoms with E-state index < -0.39 is 17.9 Å². The molecule has 1 unspecified atom stereocenters. The first-order chi connectivity index (χ1) is 9.45. The number of piperidine rings is 1. The Morgan fingerprint density at radius 3 is 2.70 bits per heavy atom. The molecule has 1 aliphatic heterocycles. The van der Waals surface area contributed by atoms with Crippen LogP contribution in [0.1, 0.15) is 18.4 Å². The highest BCUT2D eigenvalue weighted by molar-refractivity contribution is 6.01. The van der Waals surface area contributed by atoms with E-state index in [-0.39, 0.29) is 36.7 Å². The first kappa shape index (κ1) is 13.9. The van der Waals surface area contributed by atoms with E-state index in [0.29, 0.717) is 5.56 Å². The highest BCUT2D eigenvalue weighted by atomic mass is 16.3. The van der Waals surface area contributed by atoms with Gasteiger partial charge < -0.3 is 15.5 Å². The molecule has 0 aromatic heterocycles. The van der Waals surface area contributed by atoms with E-state index in [0.717, 1.165) is 0 Å². The fraction of sp³-hybridized carbons (Fsp3) is 0.308. The number of nitrogens with one attached hydrogen (secondary N) is 2. The molecule has 0 bridgehead atoms. The zero-order chi connectivity index (χ0) is 14.7. The van der Waals surface area contributed by atoms with Crippen LogP contribution in [0, 0.1) is 0 Å². The van der Waals surface area contributed by atoms with Gasteiger partial charge in [0.25, 0.3) is 0 Å². The van der Waals surface area contributed by atoms with Gasteiger partial charge in [0.15, 0.2) is 11.5 Å². The number of rotatable bonds is 3. The maximum absolute atomic E-state index is 11.8. The monoisotopic (exact) mass is 278 g/mol. The van der Waals surface area contributed by atoms with Crippen molar-refractivity contribution in [1.82, 2.24) is 10.6 Å². The minimum Gasteiger partial charge on any atom is -0.504 e. The molecule has 0 radical (unpaired) electrons. The Bertz CT molecular complexity index is 570. The van der Waals surface area contributed by atoms with Gasteiger partial charge in [0.2, 0.25) is 17.7 Å². The molecule has 7 nitrogen and oxygen atoms in total. The highest BCUT2D eigenvalue weighted by Gasteiger charge is 2.27. The normalized spacial score (nSPS) is 18.5. The van der Waals surface area contributed by atoms with Crippen molar-refractivity contribution in [3.63, 3.8) is 0 Å². The predicted octanol–water partition coefficient (Wildman–Crippen LogP) is -0.438. The molecule has 1 atom stereocenters. The number of hydrogen-bond acceptors (Lipinski definition) is 5. The first-order valence-electron chi connectivity index (χ1n) is 6.09. The van der Waals surface area contributed by atoms with Gasteiger partial charge in [-0.3, -0.25) is 19.7 Å². The Balaban J connectivity index is 1.93. The zero-order valence-electron chi connectivity index (χ0n) is 10.5. The van der Waals surface area contributed by atoms with Gasteiger partial charge in [0.1, 0.15) is 6.04 Å². The molecule has 2 rings (SSSR count). The van der Waals surface area contributed by atoms with Crippen molar-refractivity contribution in [1.29, 1.82) is 0 Å². The van der Waals surface area contributed by atoms with E-state index in [1.165, 1.54) is 18.2 Å². The van der Waals surface area contributed by atoms with E-state index in [9.17, 15) is 19.5 Å². The molecule has 4 N–H and O–H groups in total. The van der Waals surface area contributed by atoms with E-state index in [4.69, 9.17) is 5.11 Å².